The molecule has 1 saturated heterocycles. The van der Waals surface area contributed by atoms with E-state index in [0.717, 1.165) is 26.2 Å². The Kier molecular flexibility index (Phi) is 4.11. The molecule has 4 nitrogen and oxygen atoms in total. The van der Waals surface area contributed by atoms with Crippen LogP contribution in [0.1, 0.15) is 20.8 Å². The van der Waals surface area contributed by atoms with Crippen molar-refractivity contribution in [2.45, 2.75) is 26.3 Å². The molecule has 1 aliphatic rings. The summed E-state index contributed by atoms with van der Waals surface area (Å²) in [7, 11) is 1.95. The molecule has 15 heavy (non-hydrogen) atoms. The molecule has 1 aliphatic heterocycles. The first-order chi connectivity index (χ1) is 7.01. The zero-order chi connectivity index (χ0) is 11.5. The molecule has 1 rings (SSSR count). The van der Waals surface area contributed by atoms with E-state index < -0.39 is 0 Å². The fraction of sp³-hybridized carbons (Fsp3) is 0.909. The van der Waals surface area contributed by atoms with Crippen molar-refractivity contribution in [1.82, 2.24) is 15.1 Å². The molecule has 1 fully saturated rings. The molecular formula is C11H23N3O. The summed E-state index contributed by atoms with van der Waals surface area (Å²) in [6, 6.07) is 0. The number of hydrogen-bond donors (Lipinski definition) is 1. The Bertz CT molecular complexity index is 228. The van der Waals surface area contributed by atoms with E-state index in [1.807, 2.05) is 18.9 Å². The van der Waals surface area contributed by atoms with Gasteiger partial charge >= 0.3 is 0 Å². The van der Waals surface area contributed by atoms with Crippen molar-refractivity contribution in [2.75, 3.05) is 39.8 Å². The van der Waals surface area contributed by atoms with E-state index in [2.05, 4.69) is 24.1 Å². The van der Waals surface area contributed by atoms with Crippen LogP contribution < -0.4 is 5.32 Å². The van der Waals surface area contributed by atoms with E-state index in [1.165, 1.54) is 0 Å². The molecule has 0 radical (unpaired) electrons. The third kappa shape index (κ3) is 2.92. The summed E-state index contributed by atoms with van der Waals surface area (Å²) in [5, 5.41) is 3.18. The van der Waals surface area contributed by atoms with Crippen molar-refractivity contribution in [3.8, 4) is 0 Å². The third-order valence-electron chi connectivity index (χ3n) is 3.17. The number of rotatable bonds is 4. The Labute approximate surface area is 92.6 Å². The lowest BCUT2D eigenvalue weighted by atomic mass is 10.0. The van der Waals surface area contributed by atoms with Crippen molar-refractivity contribution in [1.29, 1.82) is 0 Å². The standard InChI is InChI=1S/C11H23N3O/c1-5-13-6-7-14(8-10(13)15)11(2,3)9-12-4/h12H,5-9H2,1-4H3. The first kappa shape index (κ1) is 12.5. The number of carbonyl (C=O) groups excluding carboxylic acids is 1. The lowest BCUT2D eigenvalue weighted by Crippen LogP contribution is -2.59. The molecule has 0 aromatic carbocycles. The molecule has 1 N–H and O–H groups in total. The first-order valence-electron chi connectivity index (χ1n) is 5.68. The summed E-state index contributed by atoms with van der Waals surface area (Å²) >= 11 is 0. The van der Waals surface area contributed by atoms with E-state index in [1.54, 1.807) is 0 Å². The molecule has 0 bridgehead atoms. The highest BCUT2D eigenvalue weighted by molar-refractivity contribution is 5.79. The Morgan fingerprint density at radius 1 is 1.40 bits per heavy atom. The van der Waals surface area contributed by atoms with Crippen LogP contribution >= 0.6 is 0 Å². The van der Waals surface area contributed by atoms with E-state index in [0.29, 0.717) is 6.54 Å². The summed E-state index contributed by atoms with van der Waals surface area (Å²) in [5.41, 5.74) is 0.0598. The molecule has 88 valence electrons. The van der Waals surface area contributed by atoms with Gasteiger partial charge in [-0.05, 0) is 27.8 Å². The average Bonchev–Trinajstić information content (AvgIpc) is 2.17. The Morgan fingerprint density at radius 2 is 2.07 bits per heavy atom. The second-order valence-corrected chi connectivity index (χ2v) is 4.74. The molecule has 0 aromatic rings. The van der Waals surface area contributed by atoms with Gasteiger partial charge in [0.1, 0.15) is 0 Å². The smallest absolute Gasteiger partial charge is 0.236 e. The van der Waals surface area contributed by atoms with Gasteiger partial charge in [0, 0.05) is 31.7 Å². The number of nitrogens with zero attached hydrogens (tertiary/aromatic N) is 2. The molecule has 0 unspecified atom stereocenters. The topological polar surface area (TPSA) is 35.6 Å². The molecule has 4 heteroatoms. The van der Waals surface area contributed by atoms with E-state index >= 15 is 0 Å². The number of nitrogens with one attached hydrogen (secondary N) is 1. The highest BCUT2D eigenvalue weighted by Gasteiger charge is 2.32. The van der Waals surface area contributed by atoms with Gasteiger partial charge in [-0.1, -0.05) is 0 Å². The van der Waals surface area contributed by atoms with Crippen molar-refractivity contribution < 1.29 is 4.79 Å². The van der Waals surface area contributed by atoms with E-state index in [4.69, 9.17) is 0 Å². The quantitative estimate of drug-likeness (QED) is 0.722. The molecular weight excluding hydrogens is 190 g/mol. The molecule has 0 saturated carbocycles. The van der Waals surface area contributed by atoms with Gasteiger partial charge in [-0.3, -0.25) is 9.69 Å². The summed E-state index contributed by atoms with van der Waals surface area (Å²) in [5.74, 6) is 0.257. The minimum absolute atomic E-state index is 0.0598. The van der Waals surface area contributed by atoms with Crippen LogP contribution in [-0.2, 0) is 4.79 Å². The lowest BCUT2D eigenvalue weighted by molar-refractivity contribution is -0.138. The van der Waals surface area contributed by atoms with Gasteiger partial charge in [-0.2, -0.15) is 0 Å². The van der Waals surface area contributed by atoms with Crippen molar-refractivity contribution in [3.05, 3.63) is 0 Å². The van der Waals surface area contributed by atoms with Crippen LogP contribution in [0.4, 0.5) is 0 Å². The Morgan fingerprint density at radius 3 is 2.53 bits per heavy atom. The summed E-state index contributed by atoms with van der Waals surface area (Å²) in [6.45, 7) is 10.5. The van der Waals surface area contributed by atoms with Gasteiger partial charge < -0.3 is 10.2 Å². The SMILES string of the molecule is CCN1CCN(C(C)(C)CNC)CC1=O. The minimum Gasteiger partial charge on any atom is -0.341 e. The van der Waals surface area contributed by atoms with Crippen LogP contribution in [0.3, 0.4) is 0 Å². The van der Waals surface area contributed by atoms with Gasteiger partial charge in [0.05, 0.1) is 6.54 Å². The number of likely N-dealkylation sites (N-methyl/N-ethyl adjacent to an activating group) is 2. The fourth-order valence-electron chi connectivity index (χ4n) is 2.10. The van der Waals surface area contributed by atoms with Crippen LogP contribution in [0, 0.1) is 0 Å². The lowest BCUT2D eigenvalue weighted by Gasteiger charge is -2.43. The van der Waals surface area contributed by atoms with Crippen LogP contribution in [0.25, 0.3) is 0 Å². The second-order valence-electron chi connectivity index (χ2n) is 4.74. The first-order valence-corrected chi connectivity index (χ1v) is 5.68. The molecule has 0 aliphatic carbocycles. The van der Waals surface area contributed by atoms with E-state index in [-0.39, 0.29) is 11.4 Å². The van der Waals surface area contributed by atoms with Gasteiger partial charge in [0.2, 0.25) is 5.91 Å². The van der Waals surface area contributed by atoms with Gasteiger partial charge in [-0.25, -0.2) is 0 Å². The van der Waals surface area contributed by atoms with E-state index in [9.17, 15) is 4.79 Å². The van der Waals surface area contributed by atoms with Gasteiger partial charge in [0.15, 0.2) is 0 Å². The summed E-state index contributed by atoms with van der Waals surface area (Å²) < 4.78 is 0. The number of piperazine rings is 1. The number of hydrogen-bond acceptors (Lipinski definition) is 3. The number of amides is 1. The zero-order valence-corrected chi connectivity index (χ0v) is 10.3. The zero-order valence-electron chi connectivity index (χ0n) is 10.3. The normalized spacial score (nSPS) is 19.7. The van der Waals surface area contributed by atoms with Crippen LogP contribution in [0.5, 0.6) is 0 Å². The molecule has 0 spiro atoms. The summed E-state index contributed by atoms with van der Waals surface area (Å²) in [6.07, 6.45) is 0. The van der Waals surface area contributed by atoms with Gasteiger partial charge in [-0.15, -0.1) is 0 Å². The largest absolute Gasteiger partial charge is 0.341 e. The predicted octanol–water partition coefficient (Wildman–Crippen LogP) is 0.149. The maximum Gasteiger partial charge on any atom is 0.236 e. The molecule has 0 aromatic heterocycles. The molecule has 0 atom stereocenters. The summed E-state index contributed by atoms with van der Waals surface area (Å²) in [4.78, 5) is 15.9. The maximum absolute atomic E-state index is 11.8. The predicted molar refractivity (Wildman–Crippen MR) is 61.8 cm³/mol. The van der Waals surface area contributed by atoms with Crippen molar-refractivity contribution >= 4 is 5.91 Å². The second kappa shape index (κ2) is 4.94. The molecule has 1 heterocycles. The van der Waals surface area contributed by atoms with Crippen LogP contribution in [0.2, 0.25) is 0 Å². The average molecular weight is 213 g/mol. The highest BCUT2D eigenvalue weighted by atomic mass is 16.2. The third-order valence-corrected chi connectivity index (χ3v) is 3.17. The Hall–Kier alpha value is -0.610. The number of carbonyl (C=O) groups is 1. The Balaban J connectivity index is 2.57. The highest BCUT2D eigenvalue weighted by Crippen LogP contribution is 2.16. The van der Waals surface area contributed by atoms with Crippen LogP contribution in [-0.4, -0.2) is 61.0 Å². The van der Waals surface area contributed by atoms with Crippen molar-refractivity contribution in [3.63, 3.8) is 0 Å². The van der Waals surface area contributed by atoms with Gasteiger partial charge in [0.25, 0.3) is 0 Å². The maximum atomic E-state index is 11.8. The fourth-order valence-corrected chi connectivity index (χ4v) is 2.10. The monoisotopic (exact) mass is 213 g/mol. The molecule has 1 amide bonds. The van der Waals surface area contributed by atoms with Crippen molar-refractivity contribution in [2.24, 2.45) is 0 Å². The minimum atomic E-state index is 0.0598. The van der Waals surface area contributed by atoms with Crippen LogP contribution in [0.15, 0.2) is 0 Å².